The molecule has 1 fully saturated rings. The third-order valence-electron chi connectivity index (χ3n) is 2.00. The zero-order chi connectivity index (χ0) is 11.1. The van der Waals surface area contributed by atoms with Crippen LogP contribution in [0.15, 0.2) is 0 Å². The molecule has 1 heterocycles. The molecule has 1 atom stereocenters. The van der Waals surface area contributed by atoms with Gasteiger partial charge in [-0.25, -0.2) is 0 Å². The summed E-state index contributed by atoms with van der Waals surface area (Å²) < 4.78 is 5.39. The molecule has 0 aliphatic carbocycles. The average molecular weight is 233 g/mol. The summed E-state index contributed by atoms with van der Waals surface area (Å²) in [4.78, 5) is 21.2. The number of ether oxygens (including phenoxy) is 1. The number of rotatable bonds is 6. The van der Waals surface area contributed by atoms with Crippen LogP contribution in [0, 0.1) is 0 Å². The van der Waals surface area contributed by atoms with Crippen molar-refractivity contribution in [1.29, 1.82) is 0 Å². The summed E-state index contributed by atoms with van der Waals surface area (Å²) >= 11 is 1.48. The van der Waals surface area contributed by atoms with E-state index in [0.29, 0.717) is 5.75 Å². The van der Waals surface area contributed by atoms with Crippen molar-refractivity contribution < 1.29 is 19.4 Å². The van der Waals surface area contributed by atoms with Crippen molar-refractivity contribution in [3.63, 3.8) is 0 Å². The van der Waals surface area contributed by atoms with E-state index in [1.165, 1.54) is 11.8 Å². The first-order valence-corrected chi connectivity index (χ1v) is 6.02. The molecule has 5 nitrogen and oxygen atoms in total. The van der Waals surface area contributed by atoms with Crippen LogP contribution in [-0.4, -0.2) is 47.7 Å². The molecule has 0 aromatic carbocycles. The fourth-order valence-electron chi connectivity index (χ4n) is 1.28. The predicted octanol–water partition coefficient (Wildman–Crippen LogP) is 0.0994. The zero-order valence-corrected chi connectivity index (χ0v) is 9.22. The molecule has 0 aromatic heterocycles. The van der Waals surface area contributed by atoms with E-state index in [1.807, 2.05) is 0 Å². The summed E-state index contributed by atoms with van der Waals surface area (Å²) in [5.41, 5.74) is 0. The molecule has 0 spiro atoms. The summed E-state index contributed by atoms with van der Waals surface area (Å²) in [6.45, 7) is 0.510. The van der Waals surface area contributed by atoms with Gasteiger partial charge in [-0.1, -0.05) is 0 Å². The molecule has 1 unspecified atom stereocenters. The van der Waals surface area contributed by atoms with Gasteiger partial charge in [0, 0.05) is 12.4 Å². The average Bonchev–Trinajstić information content (AvgIpc) is 2.67. The van der Waals surface area contributed by atoms with Crippen LogP contribution in [0.3, 0.4) is 0 Å². The van der Waals surface area contributed by atoms with Gasteiger partial charge in [-0.15, -0.1) is 11.8 Å². The SMILES string of the molecule is O=C(O)CNC(=O)CSCC1CCCO1. The molecule has 15 heavy (non-hydrogen) atoms. The molecule has 0 aromatic rings. The topological polar surface area (TPSA) is 75.6 Å². The number of carbonyl (C=O) groups excluding carboxylic acids is 1. The number of aliphatic carboxylic acids is 1. The number of amides is 1. The van der Waals surface area contributed by atoms with Crippen LogP contribution >= 0.6 is 11.8 Å². The second-order valence-electron chi connectivity index (χ2n) is 3.32. The van der Waals surface area contributed by atoms with Gasteiger partial charge in [0.1, 0.15) is 6.54 Å². The van der Waals surface area contributed by atoms with Gasteiger partial charge in [0.05, 0.1) is 11.9 Å². The quantitative estimate of drug-likeness (QED) is 0.680. The van der Waals surface area contributed by atoms with Crippen molar-refractivity contribution in [3.8, 4) is 0 Å². The standard InChI is InChI=1S/C9H15NO4S/c11-8(10-4-9(12)13)6-15-5-7-2-1-3-14-7/h7H,1-6H2,(H,10,11)(H,12,13). The van der Waals surface area contributed by atoms with Crippen molar-refractivity contribution in [2.24, 2.45) is 0 Å². The minimum atomic E-state index is -1.02. The Kier molecular flexibility index (Phi) is 5.49. The molecule has 0 radical (unpaired) electrons. The Morgan fingerprint density at radius 3 is 2.93 bits per heavy atom. The lowest BCUT2D eigenvalue weighted by Crippen LogP contribution is -2.30. The van der Waals surface area contributed by atoms with E-state index in [0.717, 1.165) is 25.2 Å². The van der Waals surface area contributed by atoms with Crippen molar-refractivity contribution in [2.45, 2.75) is 18.9 Å². The van der Waals surface area contributed by atoms with Gasteiger partial charge >= 0.3 is 5.97 Å². The molecular formula is C9H15NO4S. The summed E-state index contributed by atoms with van der Waals surface area (Å²) in [5.74, 6) is -0.152. The first-order chi connectivity index (χ1) is 7.18. The van der Waals surface area contributed by atoms with Crippen molar-refractivity contribution in [1.82, 2.24) is 5.32 Å². The van der Waals surface area contributed by atoms with Crippen LogP contribution in [0.2, 0.25) is 0 Å². The molecule has 1 aliphatic heterocycles. The Labute approximate surface area is 92.6 Å². The smallest absolute Gasteiger partial charge is 0.322 e. The fraction of sp³-hybridized carbons (Fsp3) is 0.778. The minimum absolute atomic E-state index is 0.236. The highest BCUT2D eigenvalue weighted by molar-refractivity contribution is 7.99. The normalized spacial score (nSPS) is 20.1. The molecule has 1 aliphatic rings. The van der Waals surface area contributed by atoms with E-state index >= 15 is 0 Å². The fourth-order valence-corrected chi connectivity index (χ4v) is 2.22. The lowest BCUT2D eigenvalue weighted by molar-refractivity contribution is -0.137. The van der Waals surface area contributed by atoms with Crippen molar-refractivity contribution in [3.05, 3.63) is 0 Å². The molecule has 1 rings (SSSR count). The van der Waals surface area contributed by atoms with E-state index in [9.17, 15) is 9.59 Å². The first kappa shape index (κ1) is 12.3. The minimum Gasteiger partial charge on any atom is -0.480 e. The Balaban J connectivity index is 1.98. The molecule has 1 saturated heterocycles. The van der Waals surface area contributed by atoms with Gasteiger partial charge in [-0.2, -0.15) is 0 Å². The van der Waals surface area contributed by atoms with Gasteiger partial charge < -0.3 is 15.2 Å². The largest absolute Gasteiger partial charge is 0.480 e. The highest BCUT2D eigenvalue weighted by Gasteiger charge is 2.15. The molecule has 6 heteroatoms. The van der Waals surface area contributed by atoms with E-state index < -0.39 is 5.97 Å². The molecule has 0 saturated carbocycles. The number of hydrogen-bond donors (Lipinski definition) is 2. The monoisotopic (exact) mass is 233 g/mol. The lowest BCUT2D eigenvalue weighted by atomic mass is 10.3. The number of carboxylic acids is 1. The van der Waals surface area contributed by atoms with Gasteiger partial charge in [0.2, 0.25) is 5.91 Å². The van der Waals surface area contributed by atoms with Gasteiger partial charge in [0.15, 0.2) is 0 Å². The summed E-state index contributed by atoms with van der Waals surface area (Å²) in [6, 6.07) is 0. The second-order valence-corrected chi connectivity index (χ2v) is 4.35. The van der Waals surface area contributed by atoms with Crippen LogP contribution in [-0.2, 0) is 14.3 Å². The summed E-state index contributed by atoms with van der Waals surface area (Å²) in [7, 11) is 0. The number of hydrogen-bond acceptors (Lipinski definition) is 4. The maximum absolute atomic E-state index is 11.1. The van der Waals surface area contributed by atoms with Crippen LogP contribution in [0.25, 0.3) is 0 Å². The maximum atomic E-state index is 11.1. The van der Waals surface area contributed by atoms with E-state index in [1.54, 1.807) is 0 Å². The Hall–Kier alpha value is -0.750. The molecule has 1 amide bonds. The van der Waals surface area contributed by atoms with Crippen molar-refractivity contribution >= 4 is 23.6 Å². The molecular weight excluding hydrogens is 218 g/mol. The number of nitrogens with one attached hydrogen (secondary N) is 1. The predicted molar refractivity (Wildman–Crippen MR) is 56.9 cm³/mol. The molecule has 0 bridgehead atoms. The van der Waals surface area contributed by atoms with Gasteiger partial charge in [0.25, 0.3) is 0 Å². The third-order valence-corrected chi connectivity index (χ3v) is 3.07. The number of thioether (sulfide) groups is 1. The Morgan fingerprint density at radius 2 is 2.33 bits per heavy atom. The molecule has 2 N–H and O–H groups in total. The summed E-state index contributed by atoms with van der Waals surface area (Å²) in [6.07, 6.45) is 2.42. The van der Waals surface area contributed by atoms with Crippen molar-refractivity contribution in [2.75, 3.05) is 24.7 Å². The Bertz CT molecular complexity index is 228. The lowest BCUT2D eigenvalue weighted by Gasteiger charge is -2.08. The highest BCUT2D eigenvalue weighted by Crippen LogP contribution is 2.16. The van der Waals surface area contributed by atoms with Crippen LogP contribution < -0.4 is 5.32 Å². The number of carbonyl (C=O) groups is 2. The van der Waals surface area contributed by atoms with Gasteiger partial charge in [-0.05, 0) is 12.8 Å². The third kappa shape index (κ3) is 5.64. The first-order valence-electron chi connectivity index (χ1n) is 4.86. The Morgan fingerprint density at radius 1 is 1.53 bits per heavy atom. The van der Waals surface area contributed by atoms with E-state index in [4.69, 9.17) is 9.84 Å². The van der Waals surface area contributed by atoms with Crippen LogP contribution in [0.1, 0.15) is 12.8 Å². The van der Waals surface area contributed by atoms with E-state index in [2.05, 4.69) is 5.32 Å². The van der Waals surface area contributed by atoms with Crippen LogP contribution in [0.4, 0.5) is 0 Å². The second kappa shape index (κ2) is 6.68. The van der Waals surface area contributed by atoms with Crippen LogP contribution in [0.5, 0.6) is 0 Å². The zero-order valence-electron chi connectivity index (χ0n) is 8.40. The number of carboxylic acid groups (broad SMARTS) is 1. The van der Waals surface area contributed by atoms with Gasteiger partial charge in [-0.3, -0.25) is 9.59 Å². The maximum Gasteiger partial charge on any atom is 0.322 e. The highest BCUT2D eigenvalue weighted by atomic mass is 32.2. The molecule has 86 valence electrons. The summed E-state index contributed by atoms with van der Waals surface area (Å²) in [5, 5.41) is 10.6. The van der Waals surface area contributed by atoms with E-state index in [-0.39, 0.29) is 18.6 Å².